The number of rotatable bonds is 2. The zero-order valence-electron chi connectivity index (χ0n) is 13.0. The van der Waals surface area contributed by atoms with Crippen LogP contribution in [-0.2, 0) is 0 Å². The lowest BCUT2D eigenvalue weighted by atomic mass is 9.71. The summed E-state index contributed by atoms with van der Waals surface area (Å²) in [6.07, 6.45) is 10.3. The van der Waals surface area contributed by atoms with Crippen LogP contribution < -0.4 is 0 Å². The van der Waals surface area contributed by atoms with Gasteiger partial charge in [0.2, 0.25) is 0 Å². The molecule has 0 aliphatic heterocycles. The number of benzene rings is 1. The van der Waals surface area contributed by atoms with Crippen LogP contribution in [0.3, 0.4) is 0 Å². The lowest BCUT2D eigenvalue weighted by Crippen LogP contribution is -2.22. The SMILES string of the molecule is CC1CCC(C2CC=C(c3cc(F)c(F)c(F)c3)CC2)CC1.[HH]. The summed E-state index contributed by atoms with van der Waals surface area (Å²) >= 11 is 0. The van der Waals surface area contributed by atoms with Crippen molar-refractivity contribution in [3.05, 3.63) is 41.2 Å². The van der Waals surface area contributed by atoms with Gasteiger partial charge in [-0.05, 0) is 73.1 Å². The van der Waals surface area contributed by atoms with E-state index in [9.17, 15) is 13.2 Å². The smallest absolute Gasteiger partial charge is 0.194 e. The van der Waals surface area contributed by atoms with E-state index in [2.05, 4.69) is 13.0 Å². The molecule has 0 bridgehead atoms. The molecule has 22 heavy (non-hydrogen) atoms. The van der Waals surface area contributed by atoms with Crippen molar-refractivity contribution in [3.8, 4) is 0 Å². The summed E-state index contributed by atoms with van der Waals surface area (Å²) in [7, 11) is 0. The molecule has 0 aromatic heterocycles. The largest absolute Gasteiger partial charge is 0.204 e. The predicted molar refractivity (Wildman–Crippen MR) is 84.9 cm³/mol. The Kier molecular flexibility index (Phi) is 4.60. The van der Waals surface area contributed by atoms with Crippen LogP contribution in [0.1, 0.15) is 58.9 Å². The maximum Gasteiger partial charge on any atom is 0.194 e. The van der Waals surface area contributed by atoms with Crippen LogP contribution in [0.2, 0.25) is 0 Å². The Bertz CT molecular complexity index is 551. The predicted octanol–water partition coefficient (Wildman–Crippen LogP) is 6.36. The molecule has 0 nitrogen and oxygen atoms in total. The fraction of sp³-hybridized carbons (Fsp3) is 0.579. The molecule has 1 aromatic carbocycles. The van der Waals surface area contributed by atoms with Crippen LogP contribution in [0, 0.1) is 35.2 Å². The molecule has 3 heteroatoms. The van der Waals surface area contributed by atoms with Crippen LogP contribution >= 0.6 is 0 Å². The van der Waals surface area contributed by atoms with Crippen LogP contribution in [0.4, 0.5) is 13.2 Å². The van der Waals surface area contributed by atoms with E-state index in [1.165, 1.54) is 25.7 Å². The van der Waals surface area contributed by atoms with Crippen molar-refractivity contribution in [2.24, 2.45) is 17.8 Å². The van der Waals surface area contributed by atoms with Gasteiger partial charge in [0.25, 0.3) is 0 Å². The van der Waals surface area contributed by atoms with Gasteiger partial charge in [-0.15, -0.1) is 0 Å². The molecular formula is C19H25F3. The first-order valence-electron chi connectivity index (χ1n) is 8.38. The first kappa shape index (κ1) is 15.6. The number of hydrogen-bond acceptors (Lipinski definition) is 0. The third-order valence-corrected chi connectivity index (χ3v) is 5.53. The van der Waals surface area contributed by atoms with E-state index >= 15 is 0 Å². The van der Waals surface area contributed by atoms with Crippen molar-refractivity contribution >= 4 is 5.57 Å². The molecule has 0 spiro atoms. The summed E-state index contributed by atoms with van der Waals surface area (Å²) in [6, 6.07) is 2.24. The molecule has 3 rings (SSSR count). The molecule has 1 atom stereocenters. The zero-order valence-corrected chi connectivity index (χ0v) is 13.0. The quantitative estimate of drug-likeness (QED) is 0.557. The highest BCUT2D eigenvalue weighted by atomic mass is 19.2. The summed E-state index contributed by atoms with van der Waals surface area (Å²) in [5.41, 5.74) is 1.45. The van der Waals surface area contributed by atoms with Gasteiger partial charge in [0.15, 0.2) is 17.5 Å². The summed E-state index contributed by atoms with van der Waals surface area (Å²) in [5, 5.41) is 0. The Balaban J connectivity index is 0.00000192. The topological polar surface area (TPSA) is 0 Å². The van der Waals surface area contributed by atoms with Gasteiger partial charge in [0, 0.05) is 1.43 Å². The lowest BCUT2D eigenvalue weighted by molar-refractivity contribution is 0.202. The Morgan fingerprint density at radius 1 is 0.909 bits per heavy atom. The molecule has 0 saturated heterocycles. The Morgan fingerprint density at radius 2 is 1.55 bits per heavy atom. The van der Waals surface area contributed by atoms with E-state index in [0.717, 1.165) is 48.8 Å². The minimum Gasteiger partial charge on any atom is -0.204 e. The second-order valence-corrected chi connectivity index (χ2v) is 7.04. The molecule has 0 radical (unpaired) electrons. The molecule has 0 heterocycles. The Morgan fingerprint density at radius 3 is 2.09 bits per heavy atom. The third kappa shape index (κ3) is 3.23. The summed E-state index contributed by atoms with van der Waals surface area (Å²) < 4.78 is 39.8. The van der Waals surface area contributed by atoms with Gasteiger partial charge in [-0.2, -0.15) is 0 Å². The average Bonchev–Trinajstić information content (AvgIpc) is 2.53. The highest BCUT2D eigenvalue weighted by Gasteiger charge is 2.27. The van der Waals surface area contributed by atoms with E-state index in [4.69, 9.17) is 0 Å². The van der Waals surface area contributed by atoms with Gasteiger partial charge in [-0.1, -0.05) is 25.8 Å². The number of hydrogen-bond donors (Lipinski definition) is 0. The highest BCUT2D eigenvalue weighted by molar-refractivity contribution is 5.66. The van der Waals surface area contributed by atoms with E-state index in [1.807, 2.05) is 0 Å². The van der Waals surface area contributed by atoms with Crippen LogP contribution in [0.5, 0.6) is 0 Å². The van der Waals surface area contributed by atoms with Crippen molar-refractivity contribution in [3.63, 3.8) is 0 Å². The van der Waals surface area contributed by atoms with Gasteiger partial charge >= 0.3 is 0 Å². The van der Waals surface area contributed by atoms with Crippen molar-refractivity contribution in [1.82, 2.24) is 0 Å². The normalized spacial score (nSPS) is 29.3. The average molecular weight is 310 g/mol. The molecular weight excluding hydrogens is 285 g/mol. The monoisotopic (exact) mass is 310 g/mol. The van der Waals surface area contributed by atoms with Crippen molar-refractivity contribution in [2.45, 2.75) is 51.9 Å². The van der Waals surface area contributed by atoms with Gasteiger partial charge < -0.3 is 0 Å². The van der Waals surface area contributed by atoms with E-state index in [-0.39, 0.29) is 1.43 Å². The summed E-state index contributed by atoms with van der Waals surface area (Å²) in [5.74, 6) is -1.22. The Labute approximate surface area is 131 Å². The van der Waals surface area contributed by atoms with Gasteiger partial charge in [0.05, 0.1) is 0 Å². The van der Waals surface area contributed by atoms with Crippen molar-refractivity contribution in [2.75, 3.05) is 0 Å². The molecule has 2 aliphatic rings. The first-order chi connectivity index (χ1) is 10.5. The van der Waals surface area contributed by atoms with Gasteiger partial charge in [-0.25, -0.2) is 13.2 Å². The summed E-state index contributed by atoms with van der Waals surface area (Å²) in [4.78, 5) is 0. The zero-order chi connectivity index (χ0) is 15.7. The summed E-state index contributed by atoms with van der Waals surface area (Å²) in [6.45, 7) is 2.33. The van der Waals surface area contributed by atoms with Crippen molar-refractivity contribution in [1.29, 1.82) is 0 Å². The van der Waals surface area contributed by atoms with Crippen LogP contribution in [0.25, 0.3) is 5.57 Å². The van der Waals surface area contributed by atoms with Crippen molar-refractivity contribution < 1.29 is 14.6 Å². The minimum atomic E-state index is -1.38. The maximum absolute atomic E-state index is 13.4. The van der Waals surface area contributed by atoms with E-state index in [1.54, 1.807) is 0 Å². The second kappa shape index (κ2) is 6.47. The van der Waals surface area contributed by atoms with Gasteiger partial charge in [-0.3, -0.25) is 0 Å². The van der Waals surface area contributed by atoms with Crippen LogP contribution in [0.15, 0.2) is 18.2 Å². The molecule has 1 saturated carbocycles. The fourth-order valence-corrected chi connectivity index (χ4v) is 4.04. The molecule has 122 valence electrons. The van der Waals surface area contributed by atoms with E-state index in [0.29, 0.717) is 11.5 Å². The second-order valence-electron chi connectivity index (χ2n) is 7.04. The third-order valence-electron chi connectivity index (χ3n) is 5.53. The molecule has 1 aromatic rings. The molecule has 1 fully saturated rings. The molecule has 2 aliphatic carbocycles. The lowest BCUT2D eigenvalue weighted by Gasteiger charge is -2.34. The molecule has 0 amide bonds. The van der Waals surface area contributed by atoms with E-state index < -0.39 is 17.5 Å². The standard InChI is InChI=1S/C19H23F3.H2/c1-12-2-4-13(5-3-12)14-6-8-15(9-7-14)16-10-17(20)19(22)18(21)11-16;/h8,10-14H,2-7,9H2,1H3;1H. The number of allylic oxidation sites excluding steroid dienone is 2. The molecule has 1 unspecified atom stereocenters. The Hall–Kier alpha value is -1.25. The molecule has 0 N–H and O–H groups in total. The van der Waals surface area contributed by atoms with Crippen LogP contribution in [-0.4, -0.2) is 0 Å². The highest BCUT2D eigenvalue weighted by Crippen LogP contribution is 2.41. The number of halogens is 3. The van der Waals surface area contributed by atoms with Gasteiger partial charge in [0.1, 0.15) is 0 Å². The fourth-order valence-electron chi connectivity index (χ4n) is 4.04. The maximum atomic E-state index is 13.4. The first-order valence-corrected chi connectivity index (χ1v) is 8.38. The minimum absolute atomic E-state index is 0.